The Morgan fingerprint density at radius 1 is 1.11 bits per heavy atom. The highest BCUT2D eigenvalue weighted by atomic mass is 19.1. The van der Waals surface area contributed by atoms with Gasteiger partial charge in [-0.1, -0.05) is 6.07 Å². The molecule has 3 aromatic heterocycles. The monoisotopic (exact) mass is 489 g/mol. The van der Waals surface area contributed by atoms with E-state index in [4.69, 9.17) is 15.5 Å². The lowest BCUT2D eigenvalue weighted by atomic mass is 10.0. The third-order valence-corrected chi connectivity index (χ3v) is 6.28. The van der Waals surface area contributed by atoms with Gasteiger partial charge < -0.3 is 25.3 Å². The zero-order chi connectivity index (χ0) is 25.4. The predicted molar refractivity (Wildman–Crippen MR) is 138 cm³/mol. The number of aryl methyl sites for hydroxylation is 1. The van der Waals surface area contributed by atoms with E-state index in [2.05, 4.69) is 19.9 Å². The standard InChI is InChI=1S/C26H28FN7O2/c1-15-12-30-26(35)19-5-4-16(11-20(15)19)22-24(28)32-23(27)21(31-22)17-10-18(14-33(2)3)25(29-13-17)34-6-8-36-9-7-34/h4-5,10-13H,6-9,14H2,1-3H3,(H2,28,32)(H,30,35). The van der Waals surface area contributed by atoms with Crippen molar-refractivity contribution in [1.82, 2.24) is 24.8 Å². The molecule has 0 amide bonds. The minimum Gasteiger partial charge on any atom is -0.382 e. The number of halogens is 1. The summed E-state index contributed by atoms with van der Waals surface area (Å²) in [4.78, 5) is 32.4. The van der Waals surface area contributed by atoms with Crippen LogP contribution in [0.15, 0.2) is 41.5 Å². The number of aromatic nitrogens is 4. The maximum Gasteiger partial charge on any atom is 0.255 e. The summed E-state index contributed by atoms with van der Waals surface area (Å²) in [5.74, 6) is 0.0703. The highest BCUT2D eigenvalue weighted by Crippen LogP contribution is 2.32. The minimum atomic E-state index is -0.763. The number of anilines is 2. The minimum absolute atomic E-state index is 0.0236. The van der Waals surface area contributed by atoms with Crippen molar-refractivity contribution >= 4 is 22.4 Å². The summed E-state index contributed by atoms with van der Waals surface area (Å²) in [5, 5.41) is 1.33. The largest absolute Gasteiger partial charge is 0.382 e. The number of nitrogen functional groups attached to an aromatic ring is 1. The Kier molecular flexibility index (Phi) is 6.38. The van der Waals surface area contributed by atoms with Crippen LogP contribution in [0.4, 0.5) is 16.0 Å². The lowest BCUT2D eigenvalue weighted by Gasteiger charge is -2.30. The fourth-order valence-electron chi connectivity index (χ4n) is 4.52. The molecule has 0 aliphatic carbocycles. The van der Waals surface area contributed by atoms with Gasteiger partial charge in [0.2, 0.25) is 5.95 Å². The number of morpholine rings is 1. The number of aromatic amines is 1. The molecule has 0 spiro atoms. The summed E-state index contributed by atoms with van der Waals surface area (Å²) in [6, 6.07) is 7.21. The summed E-state index contributed by atoms with van der Waals surface area (Å²) in [5.41, 5.74) is 9.37. The van der Waals surface area contributed by atoms with E-state index in [9.17, 15) is 4.79 Å². The van der Waals surface area contributed by atoms with Gasteiger partial charge in [0.05, 0.1) is 13.2 Å². The van der Waals surface area contributed by atoms with Crippen LogP contribution in [0.5, 0.6) is 0 Å². The van der Waals surface area contributed by atoms with E-state index < -0.39 is 5.95 Å². The van der Waals surface area contributed by atoms with Crippen molar-refractivity contribution in [2.45, 2.75) is 13.5 Å². The summed E-state index contributed by atoms with van der Waals surface area (Å²) in [6.07, 6.45) is 3.29. The molecule has 1 aliphatic heterocycles. The van der Waals surface area contributed by atoms with Gasteiger partial charge in [0.15, 0.2) is 5.82 Å². The summed E-state index contributed by atoms with van der Waals surface area (Å²) >= 11 is 0. The Labute approximate surface area is 207 Å². The van der Waals surface area contributed by atoms with Crippen molar-refractivity contribution in [3.63, 3.8) is 0 Å². The molecule has 1 aliphatic rings. The van der Waals surface area contributed by atoms with Crippen LogP contribution >= 0.6 is 0 Å². The van der Waals surface area contributed by atoms with Crippen LogP contribution in [0.3, 0.4) is 0 Å². The molecule has 1 saturated heterocycles. The number of hydrogen-bond acceptors (Lipinski definition) is 8. The van der Waals surface area contributed by atoms with Crippen LogP contribution in [-0.4, -0.2) is 65.2 Å². The number of benzene rings is 1. The molecule has 1 aromatic carbocycles. The van der Waals surface area contributed by atoms with Crippen molar-refractivity contribution in [2.24, 2.45) is 0 Å². The van der Waals surface area contributed by atoms with Gasteiger partial charge in [0.25, 0.3) is 5.56 Å². The second-order valence-electron chi connectivity index (χ2n) is 9.20. The number of ether oxygens (including phenoxy) is 1. The molecule has 9 nitrogen and oxygen atoms in total. The highest BCUT2D eigenvalue weighted by molar-refractivity contribution is 5.90. The highest BCUT2D eigenvalue weighted by Gasteiger charge is 2.21. The van der Waals surface area contributed by atoms with Gasteiger partial charge >= 0.3 is 0 Å². The molecular weight excluding hydrogens is 461 g/mol. The van der Waals surface area contributed by atoms with Crippen LogP contribution in [0.25, 0.3) is 33.3 Å². The van der Waals surface area contributed by atoms with Gasteiger partial charge in [-0.2, -0.15) is 9.37 Å². The van der Waals surface area contributed by atoms with Gasteiger partial charge in [-0.05, 0) is 50.2 Å². The maximum atomic E-state index is 15.1. The van der Waals surface area contributed by atoms with Crippen LogP contribution in [0, 0.1) is 12.9 Å². The van der Waals surface area contributed by atoms with Crippen molar-refractivity contribution in [3.8, 4) is 22.5 Å². The van der Waals surface area contributed by atoms with Crippen LogP contribution in [-0.2, 0) is 11.3 Å². The number of pyridine rings is 2. The molecule has 0 radical (unpaired) electrons. The number of rotatable bonds is 5. The van der Waals surface area contributed by atoms with E-state index in [1.54, 1.807) is 24.5 Å². The number of nitrogens with two attached hydrogens (primary N) is 1. The van der Waals surface area contributed by atoms with Gasteiger partial charge in [0.1, 0.15) is 17.2 Å². The van der Waals surface area contributed by atoms with Gasteiger partial charge in [-0.3, -0.25) is 4.79 Å². The Hall–Kier alpha value is -3.89. The first kappa shape index (κ1) is 23.8. The quantitative estimate of drug-likeness (QED) is 0.440. The molecule has 0 atom stereocenters. The molecule has 0 bridgehead atoms. The van der Waals surface area contributed by atoms with Crippen molar-refractivity contribution in [2.75, 3.05) is 51.0 Å². The summed E-state index contributed by atoms with van der Waals surface area (Å²) in [6.45, 7) is 5.31. The van der Waals surface area contributed by atoms with Crippen molar-refractivity contribution in [3.05, 3.63) is 64.1 Å². The van der Waals surface area contributed by atoms with Gasteiger partial charge in [-0.15, -0.1) is 0 Å². The zero-order valence-electron chi connectivity index (χ0n) is 20.5. The smallest absolute Gasteiger partial charge is 0.255 e. The first-order valence-corrected chi connectivity index (χ1v) is 11.7. The number of fused-ring (bicyclic) bond motifs is 1. The van der Waals surface area contributed by atoms with Gasteiger partial charge in [0, 0.05) is 54.1 Å². The summed E-state index contributed by atoms with van der Waals surface area (Å²) in [7, 11) is 3.95. The summed E-state index contributed by atoms with van der Waals surface area (Å²) < 4.78 is 20.6. The molecule has 186 valence electrons. The second kappa shape index (κ2) is 9.63. The first-order valence-electron chi connectivity index (χ1n) is 11.7. The average Bonchev–Trinajstić information content (AvgIpc) is 2.86. The molecule has 4 heterocycles. The molecular formula is C26H28FN7O2. The Morgan fingerprint density at radius 3 is 2.64 bits per heavy atom. The molecule has 5 rings (SSSR count). The SMILES string of the molecule is Cc1c[nH]c(=O)c2ccc(-c3nc(-c4cnc(N5CCOCC5)c(CN(C)C)c4)c(F)nc3N)cc12. The Balaban J connectivity index is 1.61. The molecule has 3 N–H and O–H groups in total. The number of hydrogen-bond donors (Lipinski definition) is 2. The van der Waals surface area contributed by atoms with Crippen LogP contribution < -0.4 is 16.2 Å². The van der Waals surface area contributed by atoms with E-state index in [1.165, 1.54) is 0 Å². The molecule has 0 unspecified atom stereocenters. The Bertz CT molecular complexity index is 1500. The van der Waals surface area contributed by atoms with Crippen LogP contribution in [0.2, 0.25) is 0 Å². The van der Waals surface area contributed by atoms with Crippen molar-refractivity contribution in [1.29, 1.82) is 0 Å². The molecule has 0 saturated carbocycles. The maximum absolute atomic E-state index is 15.1. The molecule has 36 heavy (non-hydrogen) atoms. The molecule has 4 aromatic rings. The lowest BCUT2D eigenvalue weighted by Crippen LogP contribution is -2.37. The zero-order valence-corrected chi connectivity index (χ0v) is 20.5. The number of nitrogens with one attached hydrogen (secondary N) is 1. The van der Waals surface area contributed by atoms with E-state index in [-0.39, 0.29) is 17.1 Å². The number of nitrogens with zero attached hydrogens (tertiary/aromatic N) is 5. The fourth-order valence-corrected chi connectivity index (χ4v) is 4.52. The first-order chi connectivity index (χ1) is 17.3. The van der Waals surface area contributed by atoms with E-state index >= 15 is 4.39 Å². The predicted octanol–water partition coefficient (Wildman–Crippen LogP) is 2.98. The van der Waals surface area contributed by atoms with Crippen LogP contribution in [0.1, 0.15) is 11.1 Å². The molecule has 10 heteroatoms. The van der Waals surface area contributed by atoms with E-state index in [0.29, 0.717) is 42.0 Å². The second-order valence-corrected chi connectivity index (χ2v) is 9.20. The fraction of sp³-hybridized carbons (Fsp3) is 0.308. The third kappa shape index (κ3) is 4.52. The van der Waals surface area contributed by atoms with Gasteiger partial charge in [-0.25, -0.2) is 9.97 Å². The van der Waals surface area contributed by atoms with E-state index in [1.807, 2.05) is 38.1 Å². The Morgan fingerprint density at radius 2 is 1.89 bits per heavy atom. The molecule has 1 fully saturated rings. The lowest BCUT2D eigenvalue weighted by molar-refractivity contribution is 0.122. The number of H-pyrrole nitrogens is 1. The third-order valence-electron chi connectivity index (χ3n) is 6.28. The topological polar surface area (TPSA) is 113 Å². The average molecular weight is 490 g/mol. The van der Waals surface area contributed by atoms with E-state index in [0.717, 1.165) is 35.4 Å². The normalized spacial score (nSPS) is 14.1. The van der Waals surface area contributed by atoms with Crippen molar-refractivity contribution < 1.29 is 9.13 Å².